The lowest BCUT2D eigenvalue weighted by molar-refractivity contribution is -0.143. The van der Waals surface area contributed by atoms with E-state index in [1.807, 2.05) is 54.6 Å². The zero-order chi connectivity index (χ0) is 26.7. The molecule has 1 atom stereocenters. The van der Waals surface area contributed by atoms with E-state index >= 15 is 0 Å². The Bertz CT molecular complexity index is 1200. The molecule has 3 aromatic rings. The first-order chi connectivity index (χ1) is 18.5. The Morgan fingerprint density at radius 2 is 1.66 bits per heavy atom. The lowest BCUT2D eigenvalue weighted by Gasteiger charge is -2.33. The molecule has 4 rings (SSSR count). The first-order valence-corrected chi connectivity index (χ1v) is 13.2. The number of amides is 2. The SMILES string of the molecule is COc1cccc(CN(C(=O)COc2ccccc2F)C(Cc2ccccc2)C(=O)NC2CCCCC2)c1. The van der Waals surface area contributed by atoms with Gasteiger partial charge in [0.2, 0.25) is 5.91 Å². The number of ether oxygens (including phenoxy) is 2. The maximum absolute atomic E-state index is 14.2. The standard InChI is InChI=1S/C31H35FN2O4/c1-37-26-16-10-13-24(19-26)21-34(30(35)22-38-29-18-9-8-17-27(29)32)28(20-23-11-4-2-5-12-23)31(36)33-25-14-6-3-7-15-25/h2,4-5,8-13,16-19,25,28H,3,6-7,14-15,20-22H2,1H3,(H,33,36). The number of hydrogen-bond acceptors (Lipinski definition) is 4. The molecule has 1 saturated carbocycles. The summed E-state index contributed by atoms with van der Waals surface area (Å²) >= 11 is 0. The predicted octanol–water partition coefficient (Wildman–Crippen LogP) is 5.30. The minimum Gasteiger partial charge on any atom is -0.497 e. The van der Waals surface area contributed by atoms with Gasteiger partial charge in [-0.3, -0.25) is 9.59 Å². The van der Waals surface area contributed by atoms with Crippen LogP contribution in [0.2, 0.25) is 0 Å². The fourth-order valence-corrected chi connectivity index (χ4v) is 4.85. The van der Waals surface area contributed by atoms with Gasteiger partial charge in [0.15, 0.2) is 18.2 Å². The second-order valence-electron chi connectivity index (χ2n) is 9.64. The number of hydrogen-bond donors (Lipinski definition) is 1. The molecule has 38 heavy (non-hydrogen) atoms. The van der Waals surface area contributed by atoms with Crippen LogP contribution in [0.3, 0.4) is 0 Å². The van der Waals surface area contributed by atoms with E-state index in [1.54, 1.807) is 24.1 Å². The summed E-state index contributed by atoms with van der Waals surface area (Å²) in [6.45, 7) is -0.223. The molecule has 0 heterocycles. The van der Waals surface area contributed by atoms with Crippen molar-refractivity contribution in [2.75, 3.05) is 13.7 Å². The third kappa shape index (κ3) is 7.57. The van der Waals surface area contributed by atoms with Crippen molar-refractivity contribution >= 4 is 11.8 Å². The van der Waals surface area contributed by atoms with Crippen LogP contribution in [0.4, 0.5) is 4.39 Å². The van der Waals surface area contributed by atoms with Gasteiger partial charge >= 0.3 is 0 Å². The Morgan fingerprint density at radius 1 is 0.947 bits per heavy atom. The Kier molecular flexibility index (Phi) is 9.73. The van der Waals surface area contributed by atoms with Gasteiger partial charge in [0.05, 0.1) is 7.11 Å². The molecule has 0 saturated heterocycles. The molecular weight excluding hydrogens is 483 g/mol. The van der Waals surface area contributed by atoms with Gasteiger partial charge in [-0.15, -0.1) is 0 Å². The highest BCUT2D eigenvalue weighted by Crippen LogP contribution is 2.22. The van der Waals surface area contributed by atoms with Crippen molar-refractivity contribution < 1.29 is 23.5 Å². The van der Waals surface area contributed by atoms with Crippen molar-refractivity contribution in [2.45, 2.75) is 57.2 Å². The van der Waals surface area contributed by atoms with Gasteiger partial charge in [-0.25, -0.2) is 4.39 Å². The minimum atomic E-state index is -0.776. The lowest BCUT2D eigenvalue weighted by atomic mass is 9.94. The van der Waals surface area contributed by atoms with Crippen molar-refractivity contribution in [3.05, 3.63) is 95.8 Å². The normalized spacial score (nSPS) is 14.4. The smallest absolute Gasteiger partial charge is 0.261 e. The molecule has 1 aliphatic rings. The molecule has 1 unspecified atom stereocenters. The molecular formula is C31H35FN2O4. The number of halogens is 1. The number of methoxy groups -OCH3 is 1. The van der Waals surface area contributed by atoms with Gasteiger partial charge in [0, 0.05) is 19.0 Å². The van der Waals surface area contributed by atoms with E-state index in [0.717, 1.165) is 36.8 Å². The highest BCUT2D eigenvalue weighted by molar-refractivity contribution is 5.88. The Morgan fingerprint density at radius 3 is 2.39 bits per heavy atom. The Labute approximate surface area is 223 Å². The number of carbonyl (C=O) groups is 2. The number of para-hydroxylation sites is 1. The highest BCUT2D eigenvalue weighted by atomic mass is 19.1. The molecule has 6 nitrogen and oxygen atoms in total. The summed E-state index contributed by atoms with van der Waals surface area (Å²) in [6, 6.07) is 22.3. The van der Waals surface area contributed by atoms with Crippen LogP contribution in [-0.2, 0) is 22.6 Å². The van der Waals surface area contributed by atoms with Gasteiger partial charge in [-0.05, 0) is 48.2 Å². The van der Waals surface area contributed by atoms with Crippen LogP contribution in [0.15, 0.2) is 78.9 Å². The van der Waals surface area contributed by atoms with Crippen LogP contribution >= 0.6 is 0 Å². The lowest BCUT2D eigenvalue weighted by Crippen LogP contribution is -2.53. The quantitative estimate of drug-likeness (QED) is 0.374. The second kappa shape index (κ2) is 13.6. The predicted molar refractivity (Wildman–Crippen MR) is 144 cm³/mol. The molecule has 1 aliphatic carbocycles. The van der Waals surface area contributed by atoms with E-state index in [2.05, 4.69) is 5.32 Å². The molecule has 0 bridgehead atoms. The second-order valence-corrected chi connectivity index (χ2v) is 9.64. The molecule has 2 amide bonds. The summed E-state index contributed by atoms with van der Waals surface area (Å²) in [7, 11) is 1.58. The number of carbonyl (C=O) groups excluding carboxylic acids is 2. The topological polar surface area (TPSA) is 67.9 Å². The third-order valence-electron chi connectivity index (χ3n) is 6.90. The summed E-state index contributed by atoms with van der Waals surface area (Å²) in [4.78, 5) is 29.0. The fourth-order valence-electron chi connectivity index (χ4n) is 4.85. The van der Waals surface area contributed by atoms with E-state index < -0.39 is 24.4 Å². The van der Waals surface area contributed by atoms with Crippen molar-refractivity contribution in [2.24, 2.45) is 0 Å². The third-order valence-corrected chi connectivity index (χ3v) is 6.90. The summed E-state index contributed by atoms with van der Waals surface area (Å²) in [5.41, 5.74) is 1.75. The summed E-state index contributed by atoms with van der Waals surface area (Å²) in [5, 5.41) is 3.21. The number of nitrogens with zero attached hydrogens (tertiary/aromatic N) is 1. The first-order valence-electron chi connectivity index (χ1n) is 13.2. The van der Waals surface area contributed by atoms with E-state index in [4.69, 9.17) is 9.47 Å². The van der Waals surface area contributed by atoms with Crippen molar-refractivity contribution in [1.29, 1.82) is 0 Å². The van der Waals surface area contributed by atoms with Crippen molar-refractivity contribution in [1.82, 2.24) is 10.2 Å². The maximum Gasteiger partial charge on any atom is 0.261 e. The summed E-state index contributed by atoms with van der Waals surface area (Å²) < 4.78 is 25.1. The molecule has 0 aromatic heterocycles. The van der Waals surface area contributed by atoms with Gasteiger partial charge in [0.25, 0.3) is 5.91 Å². The van der Waals surface area contributed by atoms with Gasteiger partial charge in [-0.2, -0.15) is 0 Å². The average molecular weight is 519 g/mol. The minimum absolute atomic E-state index is 0.00607. The molecule has 0 radical (unpaired) electrons. The first kappa shape index (κ1) is 27.2. The zero-order valence-electron chi connectivity index (χ0n) is 21.8. The van der Waals surface area contributed by atoms with Gasteiger partial charge in [-0.1, -0.05) is 73.9 Å². The Balaban J connectivity index is 1.63. The fraction of sp³-hybridized carbons (Fsp3) is 0.355. The summed E-state index contributed by atoms with van der Waals surface area (Å²) in [5.74, 6) is -0.494. The van der Waals surface area contributed by atoms with Gasteiger partial charge < -0.3 is 19.7 Å². The van der Waals surface area contributed by atoms with E-state index in [-0.39, 0.29) is 24.2 Å². The van der Waals surface area contributed by atoms with Crippen LogP contribution in [-0.4, -0.2) is 42.5 Å². The summed E-state index contributed by atoms with van der Waals surface area (Å²) in [6.07, 6.45) is 5.55. The van der Waals surface area contributed by atoms with Crippen molar-refractivity contribution in [3.63, 3.8) is 0 Å². The Hall–Kier alpha value is -3.87. The van der Waals surface area contributed by atoms with E-state index in [1.165, 1.54) is 18.6 Å². The molecule has 1 fully saturated rings. The molecule has 0 spiro atoms. The van der Waals surface area contributed by atoms with Crippen molar-refractivity contribution in [3.8, 4) is 11.5 Å². The molecule has 200 valence electrons. The molecule has 0 aliphatic heterocycles. The van der Waals surface area contributed by atoms with Crippen LogP contribution in [0, 0.1) is 5.82 Å². The van der Waals surface area contributed by atoms with E-state index in [9.17, 15) is 14.0 Å². The maximum atomic E-state index is 14.2. The molecule has 7 heteroatoms. The average Bonchev–Trinajstić information content (AvgIpc) is 2.95. The van der Waals surface area contributed by atoms with Crippen LogP contribution < -0.4 is 14.8 Å². The van der Waals surface area contributed by atoms with Crippen LogP contribution in [0.5, 0.6) is 11.5 Å². The largest absolute Gasteiger partial charge is 0.497 e. The number of rotatable bonds is 11. The monoisotopic (exact) mass is 518 g/mol. The zero-order valence-corrected chi connectivity index (χ0v) is 21.8. The highest BCUT2D eigenvalue weighted by Gasteiger charge is 2.32. The molecule has 3 aromatic carbocycles. The number of nitrogens with one attached hydrogen (secondary N) is 1. The molecule has 1 N–H and O–H groups in total. The number of benzene rings is 3. The van der Waals surface area contributed by atoms with Crippen LogP contribution in [0.25, 0.3) is 0 Å². The van der Waals surface area contributed by atoms with Crippen LogP contribution in [0.1, 0.15) is 43.2 Å². The van der Waals surface area contributed by atoms with E-state index in [0.29, 0.717) is 12.2 Å². The van der Waals surface area contributed by atoms with Gasteiger partial charge in [0.1, 0.15) is 11.8 Å².